The van der Waals surface area contributed by atoms with Gasteiger partial charge in [0.15, 0.2) is 5.78 Å². The summed E-state index contributed by atoms with van der Waals surface area (Å²) in [6, 6.07) is 12.1. The minimum Gasteiger partial charge on any atom is -0.355 e. The van der Waals surface area contributed by atoms with Crippen LogP contribution in [0.25, 0.3) is 0 Å². The Kier molecular flexibility index (Phi) is 9.01. The van der Waals surface area contributed by atoms with Crippen LogP contribution in [0.2, 0.25) is 5.02 Å². The van der Waals surface area contributed by atoms with Gasteiger partial charge in [-0.3, -0.25) is 18.7 Å². The maximum Gasteiger partial charge on any atom is 0.244 e. The van der Waals surface area contributed by atoms with Gasteiger partial charge < -0.3 is 10.2 Å². The highest BCUT2D eigenvalue weighted by atomic mass is 35.5. The zero-order valence-corrected chi connectivity index (χ0v) is 20.6. The van der Waals surface area contributed by atoms with Crippen LogP contribution in [-0.4, -0.2) is 56.3 Å². The number of carbonyl (C=O) groups excluding carboxylic acids is 3. The molecular formula is C23H28ClN3O5S. The number of amides is 2. The molecule has 0 aliphatic carbocycles. The van der Waals surface area contributed by atoms with E-state index in [1.165, 1.54) is 24.0 Å². The quantitative estimate of drug-likeness (QED) is 0.512. The number of ketones is 1. The first-order valence-corrected chi connectivity index (χ1v) is 12.6. The number of nitrogens with zero attached hydrogens (tertiary/aromatic N) is 2. The summed E-state index contributed by atoms with van der Waals surface area (Å²) in [4.78, 5) is 39.0. The molecule has 0 saturated heterocycles. The van der Waals surface area contributed by atoms with E-state index in [-0.39, 0.29) is 23.9 Å². The number of Topliss-reactive ketones (excluding diaryl/α,β-unsaturated/α-hetero) is 1. The monoisotopic (exact) mass is 493 g/mol. The Labute approximate surface area is 199 Å². The number of anilines is 1. The van der Waals surface area contributed by atoms with E-state index < -0.39 is 28.5 Å². The van der Waals surface area contributed by atoms with Crippen molar-refractivity contribution in [2.75, 3.05) is 23.7 Å². The normalized spacial score (nSPS) is 12.0. The lowest BCUT2D eigenvalue weighted by Crippen LogP contribution is -2.51. The summed E-state index contributed by atoms with van der Waals surface area (Å²) in [6.07, 6.45) is 0.979. The molecule has 2 aromatic carbocycles. The van der Waals surface area contributed by atoms with Gasteiger partial charge in [-0.25, -0.2) is 8.42 Å². The van der Waals surface area contributed by atoms with Gasteiger partial charge >= 0.3 is 0 Å². The molecule has 1 unspecified atom stereocenters. The molecule has 0 aromatic heterocycles. The topological polar surface area (TPSA) is 104 Å². The van der Waals surface area contributed by atoms with E-state index in [4.69, 9.17) is 11.6 Å². The summed E-state index contributed by atoms with van der Waals surface area (Å²) in [7, 11) is -3.88. The third-order valence-electron chi connectivity index (χ3n) is 5.04. The molecule has 0 spiro atoms. The first kappa shape index (κ1) is 26.3. The van der Waals surface area contributed by atoms with Gasteiger partial charge in [0.2, 0.25) is 21.8 Å². The van der Waals surface area contributed by atoms with Crippen LogP contribution in [0.4, 0.5) is 5.69 Å². The second kappa shape index (κ2) is 11.3. The summed E-state index contributed by atoms with van der Waals surface area (Å²) < 4.78 is 26.0. The molecule has 2 amide bonds. The number of rotatable bonds is 10. The van der Waals surface area contributed by atoms with E-state index in [0.29, 0.717) is 22.7 Å². The molecule has 0 saturated carbocycles. The smallest absolute Gasteiger partial charge is 0.244 e. The van der Waals surface area contributed by atoms with Crippen LogP contribution in [0, 0.1) is 0 Å². The third kappa shape index (κ3) is 7.03. The third-order valence-corrected chi connectivity index (χ3v) is 6.55. The number of nitrogens with one attached hydrogen (secondary N) is 1. The van der Waals surface area contributed by atoms with Crippen LogP contribution in [0.15, 0.2) is 48.5 Å². The van der Waals surface area contributed by atoms with Gasteiger partial charge in [0, 0.05) is 23.7 Å². The van der Waals surface area contributed by atoms with E-state index in [1.807, 2.05) is 0 Å². The Morgan fingerprint density at radius 1 is 1.09 bits per heavy atom. The van der Waals surface area contributed by atoms with Gasteiger partial charge in [-0.05, 0) is 44.5 Å². The number of sulfonamides is 1. The molecule has 0 fully saturated rings. The van der Waals surface area contributed by atoms with Gasteiger partial charge in [0.25, 0.3) is 0 Å². The minimum absolute atomic E-state index is 0.0158. The molecular weight excluding hydrogens is 466 g/mol. The number of halogens is 1. The molecule has 178 valence electrons. The van der Waals surface area contributed by atoms with Crippen LogP contribution >= 0.6 is 11.6 Å². The first-order chi connectivity index (χ1) is 15.5. The van der Waals surface area contributed by atoms with Crippen molar-refractivity contribution in [3.05, 3.63) is 64.7 Å². The second-order valence-electron chi connectivity index (χ2n) is 7.56. The maximum atomic E-state index is 13.4. The molecule has 33 heavy (non-hydrogen) atoms. The summed E-state index contributed by atoms with van der Waals surface area (Å²) >= 11 is 6.26. The molecule has 1 N–H and O–H groups in total. The molecule has 0 radical (unpaired) electrons. The van der Waals surface area contributed by atoms with Crippen molar-refractivity contribution in [2.24, 2.45) is 0 Å². The number of likely N-dealkylation sites (N-methyl/N-ethyl adjacent to an activating group) is 1. The standard InChI is InChI=1S/C23H28ClN3O5S/c1-5-25-23(30)16(2)26(14-19-9-6-7-12-21(19)24)22(29)15-27(33(4,31)32)20-11-8-10-18(13-20)17(3)28/h6-13,16H,5,14-15H2,1-4H3,(H,25,30). The maximum absolute atomic E-state index is 13.4. The molecule has 0 aliphatic rings. The molecule has 10 heteroatoms. The average molecular weight is 494 g/mol. The summed E-state index contributed by atoms with van der Waals surface area (Å²) in [5, 5.41) is 3.10. The lowest BCUT2D eigenvalue weighted by atomic mass is 10.1. The van der Waals surface area contributed by atoms with Crippen molar-refractivity contribution < 1.29 is 22.8 Å². The van der Waals surface area contributed by atoms with Gasteiger partial charge in [-0.15, -0.1) is 0 Å². The van der Waals surface area contributed by atoms with Crippen molar-refractivity contribution >= 4 is 44.9 Å². The van der Waals surface area contributed by atoms with Crippen molar-refractivity contribution in [3.63, 3.8) is 0 Å². The Balaban J connectivity index is 2.44. The molecule has 0 bridgehead atoms. The van der Waals surface area contributed by atoms with Crippen molar-refractivity contribution in [2.45, 2.75) is 33.4 Å². The molecule has 1 atom stereocenters. The molecule has 0 heterocycles. The van der Waals surface area contributed by atoms with Crippen molar-refractivity contribution in [3.8, 4) is 0 Å². The molecule has 0 aliphatic heterocycles. The van der Waals surface area contributed by atoms with Gasteiger partial charge in [0.1, 0.15) is 12.6 Å². The van der Waals surface area contributed by atoms with E-state index >= 15 is 0 Å². The Morgan fingerprint density at radius 3 is 2.33 bits per heavy atom. The Morgan fingerprint density at radius 2 is 1.76 bits per heavy atom. The summed E-state index contributed by atoms with van der Waals surface area (Å²) in [5.41, 5.74) is 1.12. The fraction of sp³-hybridized carbons (Fsp3) is 0.348. The largest absolute Gasteiger partial charge is 0.355 e. The molecule has 8 nitrogen and oxygen atoms in total. The highest BCUT2D eigenvalue weighted by Crippen LogP contribution is 2.22. The van der Waals surface area contributed by atoms with Crippen LogP contribution in [-0.2, 0) is 26.2 Å². The van der Waals surface area contributed by atoms with Crippen LogP contribution in [0.3, 0.4) is 0 Å². The summed E-state index contributed by atoms with van der Waals surface area (Å²) in [5.74, 6) is -1.20. The van der Waals surface area contributed by atoms with Crippen LogP contribution in [0.1, 0.15) is 36.7 Å². The van der Waals surface area contributed by atoms with Gasteiger partial charge in [0.05, 0.1) is 11.9 Å². The van der Waals surface area contributed by atoms with Crippen molar-refractivity contribution in [1.82, 2.24) is 10.2 Å². The average Bonchev–Trinajstić information content (AvgIpc) is 2.75. The fourth-order valence-corrected chi connectivity index (χ4v) is 4.25. The van der Waals surface area contributed by atoms with Gasteiger partial charge in [-0.2, -0.15) is 0 Å². The van der Waals surface area contributed by atoms with E-state index in [9.17, 15) is 22.8 Å². The van der Waals surface area contributed by atoms with Crippen LogP contribution in [0.5, 0.6) is 0 Å². The lowest BCUT2D eigenvalue weighted by molar-refractivity contribution is -0.139. The number of hydrogen-bond donors (Lipinski definition) is 1. The zero-order chi connectivity index (χ0) is 24.8. The predicted octanol–water partition coefficient (Wildman–Crippen LogP) is 2.86. The van der Waals surface area contributed by atoms with E-state index in [0.717, 1.165) is 10.6 Å². The fourth-order valence-electron chi connectivity index (χ4n) is 3.21. The number of hydrogen-bond acceptors (Lipinski definition) is 5. The summed E-state index contributed by atoms with van der Waals surface area (Å²) in [6.45, 7) is 4.55. The number of benzene rings is 2. The molecule has 2 rings (SSSR count). The minimum atomic E-state index is -3.88. The second-order valence-corrected chi connectivity index (χ2v) is 9.87. The number of carbonyl (C=O) groups is 3. The Bertz CT molecular complexity index is 1140. The Hall–Kier alpha value is -2.91. The van der Waals surface area contributed by atoms with Gasteiger partial charge in [-0.1, -0.05) is 41.9 Å². The van der Waals surface area contributed by atoms with Crippen LogP contribution < -0.4 is 9.62 Å². The highest BCUT2D eigenvalue weighted by Gasteiger charge is 2.30. The lowest BCUT2D eigenvalue weighted by Gasteiger charge is -2.31. The van der Waals surface area contributed by atoms with E-state index in [2.05, 4.69) is 5.32 Å². The molecule has 2 aromatic rings. The highest BCUT2D eigenvalue weighted by molar-refractivity contribution is 7.92. The van der Waals surface area contributed by atoms with E-state index in [1.54, 1.807) is 50.2 Å². The zero-order valence-electron chi connectivity index (χ0n) is 19.0. The van der Waals surface area contributed by atoms with Crippen molar-refractivity contribution in [1.29, 1.82) is 0 Å². The first-order valence-electron chi connectivity index (χ1n) is 10.3. The predicted molar refractivity (Wildman–Crippen MR) is 129 cm³/mol. The SMILES string of the molecule is CCNC(=O)C(C)N(Cc1ccccc1Cl)C(=O)CN(c1cccc(C(C)=O)c1)S(C)(=O)=O.